The number of carbonyl (C=O) groups is 2. The third kappa shape index (κ3) is 6.59. The average Bonchev–Trinajstić information content (AvgIpc) is 2.89. The van der Waals surface area contributed by atoms with E-state index in [4.69, 9.17) is 9.29 Å². The lowest BCUT2D eigenvalue weighted by molar-refractivity contribution is -0.143. The van der Waals surface area contributed by atoms with Crippen molar-refractivity contribution in [2.75, 3.05) is 18.9 Å². The monoisotopic (exact) mass is 570 g/mol. The fraction of sp³-hybridized carbons (Fsp3) is 0.222. The summed E-state index contributed by atoms with van der Waals surface area (Å²) in [5.41, 5.74) is 1.97. The molecule has 10 nitrogen and oxygen atoms in total. The molecule has 1 amide bonds. The Bertz CT molecular complexity index is 1700. The molecule has 1 aromatic heterocycles. The highest BCUT2D eigenvalue weighted by atomic mass is 32.2. The van der Waals surface area contributed by atoms with E-state index in [1.54, 1.807) is 67.6 Å². The van der Waals surface area contributed by atoms with Gasteiger partial charge < -0.3 is 4.74 Å². The minimum atomic E-state index is -4.40. The Morgan fingerprint density at radius 3 is 2.00 bits per heavy atom. The molecule has 0 aliphatic carbocycles. The summed E-state index contributed by atoms with van der Waals surface area (Å²) in [6.45, 7) is 0.987. The molecule has 0 radical (unpaired) electrons. The van der Waals surface area contributed by atoms with E-state index in [0.717, 1.165) is 5.56 Å². The molecular formula is C27H26N2O8S2. The van der Waals surface area contributed by atoms with Crippen molar-refractivity contribution in [3.8, 4) is 0 Å². The molecule has 0 saturated carbocycles. The summed E-state index contributed by atoms with van der Waals surface area (Å²) in [7, 11) is -8.61. The molecular weight excluding hydrogens is 544 g/mol. The first-order valence-corrected chi connectivity index (χ1v) is 15.0. The number of nitrogens with zero attached hydrogens (tertiary/aromatic N) is 2. The number of sulfonamides is 1. The van der Waals surface area contributed by atoms with Gasteiger partial charge in [0.05, 0.1) is 40.3 Å². The molecule has 0 saturated heterocycles. The van der Waals surface area contributed by atoms with Crippen molar-refractivity contribution in [1.29, 1.82) is 0 Å². The second kappa shape index (κ2) is 11.5. The van der Waals surface area contributed by atoms with Crippen molar-refractivity contribution in [1.82, 2.24) is 9.29 Å². The zero-order valence-electron chi connectivity index (χ0n) is 21.0. The molecule has 0 aliphatic rings. The van der Waals surface area contributed by atoms with Crippen LogP contribution in [0.4, 0.5) is 0 Å². The summed E-state index contributed by atoms with van der Waals surface area (Å²) >= 11 is 0. The number of fused-ring (bicyclic) bond motifs is 2. The Balaban J connectivity index is 1.72. The quantitative estimate of drug-likeness (QED) is 0.130. The van der Waals surface area contributed by atoms with Gasteiger partial charge in [-0.05, 0) is 37.6 Å². The van der Waals surface area contributed by atoms with Crippen LogP contribution in [-0.2, 0) is 29.7 Å². The molecule has 0 aliphatic heterocycles. The van der Waals surface area contributed by atoms with Gasteiger partial charge in [-0.15, -0.1) is 0 Å². The number of aromatic nitrogens is 1. The normalized spacial score (nSPS) is 11.9. The number of aryl methyl sites for hydroxylation is 1. The van der Waals surface area contributed by atoms with Crippen LogP contribution in [0.1, 0.15) is 28.8 Å². The highest BCUT2D eigenvalue weighted by Gasteiger charge is 2.33. The summed E-state index contributed by atoms with van der Waals surface area (Å²) in [5.74, 6) is -2.24. The number of carbonyl (C=O) groups excluding carboxylic acids is 2. The number of hydrogen-bond acceptors (Lipinski definition) is 8. The van der Waals surface area contributed by atoms with Crippen molar-refractivity contribution < 1.29 is 35.7 Å². The molecule has 4 aromatic rings. The number of ether oxygens (including phenoxy) is 1. The van der Waals surface area contributed by atoms with E-state index < -0.39 is 50.7 Å². The second-order valence-corrected chi connectivity index (χ2v) is 12.3. The van der Waals surface area contributed by atoms with Gasteiger partial charge in [0, 0.05) is 17.3 Å². The first-order chi connectivity index (χ1) is 18.5. The maximum atomic E-state index is 14.1. The molecule has 1 heterocycles. The van der Waals surface area contributed by atoms with Gasteiger partial charge >= 0.3 is 5.97 Å². The number of esters is 1. The minimum absolute atomic E-state index is 0.120. The Labute approximate surface area is 226 Å². The van der Waals surface area contributed by atoms with Gasteiger partial charge in [0.2, 0.25) is 0 Å². The second-order valence-electron chi connectivity index (χ2n) is 8.83. The Morgan fingerprint density at radius 1 is 0.872 bits per heavy atom. The number of benzene rings is 3. The lowest BCUT2D eigenvalue weighted by Gasteiger charge is -2.24. The fourth-order valence-corrected chi connectivity index (χ4v) is 5.91. The first kappa shape index (κ1) is 28.1. The SMILES string of the molecule is Cc1ccc(S(=O)(=O)N(CCC(=O)OCCCS(=O)(=O)O)C(=O)c2c3ccccc3nc3ccccc23)cc1. The lowest BCUT2D eigenvalue weighted by atomic mass is 10.0. The smallest absolute Gasteiger partial charge is 0.307 e. The number of hydrogen-bond donors (Lipinski definition) is 1. The lowest BCUT2D eigenvalue weighted by Crippen LogP contribution is -2.39. The van der Waals surface area contributed by atoms with Crippen LogP contribution in [0.25, 0.3) is 21.8 Å². The van der Waals surface area contributed by atoms with Crippen molar-refractivity contribution in [3.05, 3.63) is 83.9 Å². The van der Waals surface area contributed by atoms with Crippen LogP contribution in [0.15, 0.2) is 77.7 Å². The summed E-state index contributed by atoms with van der Waals surface area (Å²) in [6.07, 6.45) is -0.604. The minimum Gasteiger partial charge on any atom is -0.466 e. The molecule has 1 N–H and O–H groups in total. The predicted molar refractivity (Wildman–Crippen MR) is 145 cm³/mol. The van der Waals surface area contributed by atoms with E-state index >= 15 is 0 Å². The van der Waals surface area contributed by atoms with Gasteiger partial charge in [-0.3, -0.25) is 14.1 Å². The van der Waals surface area contributed by atoms with Crippen LogP contribution < -0.4 is 0 Å². The Hall–Kier alpha value is -3.87. The van der Waals surface area contributed by atoms with E-state index in [2.05, 4.69) is 4.98 Å². The third-order valence-electron chi connectivity index (χ3n) is 5.97. The molecule has 12 heteroatoms. The molecule has 0 atom stereocenters. The fourth-order valence-electron chi connectivity index (χ4n) is 4.06. The maximum absolute atomic E-state index is 14.1. The Morgan fingerprint density at radius 2 is 1.44 bits per heavy atom. The van der Waals surface area contributed by atoms with Gasteiger partial charge in [0.15, 0.2) is 0 Å². The highest BCUT2D eigenvalue weighted by molar-refractivity contribution is 7.89. The van der Waals surface area contributed by atoms with Crippen LogP contribution in [0, 0.1) is 6.92 Å². The predicted octanol–water partition coefficient (Wildman–Crippen LogP) is 3.74. The molecule has 39 heavy (non-hydrogen) atoms. The first-order valence-electron chi connectivity index (χ1n) is 12.0. The van der Waals surface area contributed by atoms with Gasteiger partial charge in [-0.2, -0.15) is 8.42 Å². The number of pyridine rings is 1. The molecule has 0 spiro atoms. The van der Waals surface area contributed by atoms with Gasteiger partial charge in [0.1, 0.15) is 0 Å². The maximum Gasteiger partial charge on any atom is 0.307 e. The zero-order chi connectivity index (χ0) is 28.2. The van der Waals surface area contributed by atoms with E-state index in [0.29, 0.717) is 26.1 Å². The highest BCUT2D eigenvalue weighted by Crippen LogP contribution is 2.29. The Kier molecular flexibility index (Phi) is 8.28. The summed E-state index contributed by atoms with van der Waals surface area (Å²) < 4.78 is 63.7. The van der Waals surface area contributed by atoms with Crippen molar-refractivity contribution in [2.45, 2.75) is 24.7 Å². The molecule has 0 unspecified atom stereocenters. The van der Waals surface area contributed by atoms with Crippen LogP contribution in [-0.4, -0.2) is 61.5 Å². The van der Waals surface area contributed by atoms with Crippen molar-refractivity contribution in [2.24, 2.45) is 0 Å². The standard InChI is InChI=1S/C27H26N2O8S2/c1-19-11-13-20(14-12-19)39(35,36)29(16-15-25(30)37-17-6-18-38(32,33)34)27(31)26-21-7-2-4-9-23(21)28-24-10-5-3-8-22(24)26/h2-5,7-14H,6,15-18H2,1H3,(H,32,33,34). The van der Waals surface area contributed by atoms with Crippen LogP contribution >= 0.6 is 0 Å². The van der Waals surface area contributed by atoms with Crippen molar-refractivity contribution >= 4 is 53.8 Å². The molecule has 0 bridgehead atoms. The summed E-state index contributed by atoms with van der Waals surface area (Å²) in [5, 5.41) is 0.913. The van der Waals surface area contributed by atoms with E-state index in [9.17, 15) is 26.4 Å². The van der Waals surface area contributed by atoms with Crippen molar-refractivity contribution in [3.63, 3.8) is 0 Å². The molecule has 4 rings (SSSR count). The van der Waals surface area contributed by atoms with Crippen LogP contribution in [0.3, 0.4) is 0 Å². The van der Waals surface area contributed by atoms with E-state index in [-0.39, 0.29) is 23.5 Å². The number of rotatable bonds is 10. The molecule has 0 fully saturated rings. The van der Waals surface area contributed by atoms with Crippen LogP contribution in [0.2, 0.25) is 0 Å². The topological polar surface area (TPSA) is 148 Å². The largest absolute Gasteiger partial charge is 0.466 e. The van der Waals surface area contributed by atoms with Crippen LogP contribution in [0.5, 0.6) is 0 Å². The van der Waals surface area contributed by atoms with E-state index in [1.807, 2.05) is 0 Å². The average molecular weight is 571 g/mol. The third-order valence-corrected chi connectivity index (χ3v) is 8.57. The van der Waals surface area contributed by atoms with Gasteiger partial charge in [-0.1, -0.05) is 54.1 Å². The van der Waals surface area contributed by atoms with Gasteiger partial charge in [0.25, 0.3) is 26.0 Å². The van der Waals surface area contributed by atoms with Gasteiger partial charge in [-0.25, -0.2) is 17.7 Å². The zero-order valence-corrected chi connectivity index (χ0v) is 22.6. The molecule has 204 valence electrons. The summed E-state index contributed by atoms with van der Waals surface area (Å²) in [6, 6.07) is 19.8. The number of para-hydroxylation sites is 2. The van der Waals surface area contributed by atoms with E-state index in [1.165, 1.54) is 12.1 Å². The molecule has 3 aromatic carbocycles. The number of amides is 1. The summed E-state index contributed by atoms with van der Waals surface area (Å²) in [4.78, 5) is 31.0.